The number of phenols is 1. The number of rotatable bonds is 17. The Labute approximate surface area is 460 Å². The summed E-state index contributed by atoms with van der Waals surface area (Å²) < 4.78 is 13.0. The van der Waals surface area contributed by atoms with Crippen LogP contribution in [0.15, 0.2) is 139 Å². The maximum atomic E-state index is 10.2. The lowest BCUT2D eigenvalue weighted by Gasteiger charge is -2.15. The Hall–Kier alpha value is -4.26. The molecule has 2 N–H and O–H groups in total. The van der Waals surface area contributed by atoms with Crippen LogP contribution >= 0.6 is 79.6 Å². The molecule has 10 aromatic rings. The second-order valence-electron chi connectivity index (χ2n) is 18.1. The van der Waals surface area contributed by atoms with Crippen LogP contribution in [0.1, 0.15) is 97.8 Å². The largest absolute Gasteiger partial charge is 0.507 e. The Balaban J connectivity index is 0.000000176. The predicted octanol–water partition coefficient (Wildman–Crippen LogP) is 20.8. The lowest BCUT2D eigenvalue weighted by molar-refractivity contribution is 0.306. The van der Waals surface area contributed by atoms with Gasteiger partial charge in [0.25, 0.3) is 0 Å². The maximum absolute atomic E-state index is 10.2. The fourth-order valence-electron chi connectivity index (χ4n) is 9.41. The van der Waals surface area contributed by atoms with Crippen molar-refractivity contribution in [3.05, 3.63) is 139 Å². The number of hydrogen-bond donors (Lipinski definition) is 2. The van der Waals surface area contributed by atoms with Gasteiger partial charge >= 0.3 is 0 Å². The van der Waals surface area contributed by atoms with Crippen LogP contribution in [-0.4, -0.2) is 36.6 Å². The Morgan fingerprint density at radius 1 is 0.507 bits per heavy atom. The Kier molecular flexibility index (Phi) is 19.1. The molecule has 0 fully saturated rings. The van der Waals surface area contributed by atoms with Crippen molar-refractivity contribution in [2.24, 2.45) is 0 Å². The number of hydrogen-bond acceptors (Lipinski definition) is 4. The molecule has 0 aliphatic heterocycles. The van der Waals surface area contributed by atoms with Gasteiger partial charge in [-0.25, -0.2) is 9.97 Å². The summed E-state index contributed by atoms with van der Waals surface area (Å²) in [5, 5.41) is 20.8. The normalized spacial score (nSPS) is 11.4. The fraction of sp³-hybridized carbons (Fsp3) is 0.300. The molecule has 0 unspecified atom stereocenters. The van der Waals surface area contributed by atoms with Gasteiger partial charge in [-0.2, -0.15) is 0 Å². The third kappa shape index (κ3) is 12.4. The van der Waals surface area contributed by atoms with Gasteiger partial charge < -0.3 is 19.4 Å². The third-order valence-corrected chi connectivity index (χ3v) is 15.5. The van der Waals surface area contributed by atoms with Crippen LogP contribution in [0.5, 0.6) is 11.5 Å². The van der Waals surface area contributed by atoms with Gasteiger partial charge in [-0.05, 0) is 114 Å². The monoisotopic (exact) mass is 1260 g/mol. The summed E-state index contributed by atoms with van der Waals surface area (Å²) in [6.07, 6.45) is 15.0. The van der Waals surface area contributed by atoms with Gasteiger partial charge in [0.15, 0.2) is 0 Å². The number of unbranched alkanes of at least 4 members (excludes halogenated alkanes) is 9. The van der Waals surface area contributed by atoms with Gasteiger partial charge in [-0.3, -0.25) is 0 Å². The Bertz CT molecular complexity index is 3340. The zero-order valence-corrected chi connectivity index (χ0v) is 48.7. The van der Waals surface area contributed by atoms with Crippen LogP contribution in [0.2, 0.25) is 0 Å². The van der Waals surface area contributed by atoms with Crippen LogP contribution < -0.4 is 4.74 Å². The minimum atomic E-state index is 0.211. The first-order valence-electron chi connectivity index (χ1n) is 25.1. The molecular weight excluding hydrogens is 1210 g/mol. The highest BCUT2D eigenvalue weighted by atomic mass is 79.9. The summed E-state index contributed by atoms with van der Waals surface area (Å²) in [6.45, 7) is 8.40. The zero-order valence-electron chi connectivity index (χ0n) is 40.7. The lowest BCUT2D eigenvalue weighted by Crippen LogP contribution is -2.04. The molecule has 11 heteroatoms. The molecule has 0 spiro atoms. The number of halogens is 5. The van der Waals surface area contributed by atoms with Crippen LogP contribution in [0, 0.1) is 0 Å². The molecular formula is C60H61Br5N4O2. The van der Waals surface area contributed by atoms with E-state index in [2.05, 4.69) is 201 Å². The van der Waals surface area contributed by atoms with Crippen molar-refractivity contribution in [2.45, 2.75) is 104 Å². The number of fused-ring (bicyclic) bond motifs is 12. The fourth-order valence-corrected chi connectivity index (χ4v) is 11.2. The van der Waals surface area contributed by atoms with Crippen molar-refractivity contribution in [1.29, 1.82) is 0 Å². The quantitative estimate of drug-likeness (QED) is 0.0541. The van der Waals surface area contributed by atoms with E-state index >= 15 is 0 Å². The molecule has 0 aliphatic carbocycles. The van der Waals surface area contributed by atoms with Gasteiger partial charge in [0, 0.05) is 51.3 Å². The summed E-state index contributed by atoms with van der Waals surface area (Å²) in [7, 11) is 0. The molecule has 368 valence electrons. The molecule has 2 aromatic heterocycles. The number of aromatic amines is 1. The molecule has 0 saturated carbocycles. The van der Waals surface area contributed by atoms with E-state index < -0.39 is 0 Å². The second kappa shape index (κ2) is 25.6. The summed E-state index contributed by atoms with van der Waals surface area (Å²) in [5.41, 5.74) is 5.87. The second-order valence-corrected chi connectivity index (χ2v) is 22.5. The number of para-hydroxylation sites is 2. The number of ether oxygens (including phenoxy) is 1. The Morgan fingerprint density at radius 3 is 1.62 bits per heavy atom. The molecule has 0 amide bonds. The third-order valence-electron chi connectivity index (χ3n) is 13.0. The first-order chi connectivity index (χ1) is 34.6. The number of nitrogens with one attached hydrogen (secondary N) is 1. The number of aryl methyl sites for hydroxylation is 1. The van der Waals surface area contributed by atoms with E-state index in [1.54, 1.807) is 12.1 Å². The summed E-state index contributed by atoms with van der Waals surface area (Å²) in [5.74, 6) is 2.79. The van der Waals surface area contributed by atoms with Crippen LogP contribution in [0.3, 0.4) is 0 Å². The molecule has 0 saturated heterocycles. The van der Waals surface area contributed by atoms with Gasteiger partial charge in [0.05, 0.1) is 39.8 Å². The van der Waals surface area contributed by atoms with E-state index in [4.69, 9.17) is 14.7 Å². The van der Waals surface area contributed by atoms with Crippen LogP contribution in [-0.2, 0) is 6.54 Å². The summed E-state index contributed by atoms with van der Waals surface area (Å²) in [4.78, 5) is 13.7. The number of aromatic hydroxyl groups is 1. The number of alkyl halides is 1. The van der Waals surface area contributed by atoms with E-state index in [1.165, 1.54) is 96.6 Å². The zero-order chi connectivity index (χ0) is 49.9. The van der Waals surface area contributed by atoms with Crippen LogP contribution in [0.4, 0.5) is 0 Å². The number of phenolic OH excluding ortho intramolecular Hbond substituents is 1. The average Bonchev–Trinajstić information content (AvgIpc) is 4.00. The van der Waals surface area contributed by atoms with Crippen LogP contribution in [0.25, 0.3) is 87.9 Å². The van der Waals surface area contributed by atoms with Crippen molar-refractivity contribution in [2.75, 3.05) is 11.9 Å². The predicted molar refractivity (Wildman–Crippen MR) is 321 cm³/mol. The topological polar surface area (TPSA) is 76.0 Å². The van der Waals surface area contributed by atoms with E-state index in [9.17, 15) is 5.11 Å². The molecule has 0 aliphatic rings. The van der Waals surface area contributed by atoms with E-state index in [-0.39, 0.29) is 5.75 Å². The molecule has 0 radical (unpaired) electrons. The molecule has 6 nitrogen and oxygen atoms in total. The van der Waals surface area contributed by atoms with Gasteiger partial charge in [0.1, 0.15) is 23.1 Å². The standard InChI is InChI=1S/C33H36Br2N2O.C21H12Br2N2O.C6H13Br/c1-3-5-7-11-19-37-32-29-22-24(35)16-18-26(29)25-17-15-23(34)21-28(25)31(32)36-33(37)27-13-9-10-14-30(27)38-20-12-8-6-4-2;22-11-5-7-13-14-8-6-12(23)10-17(14)20-19(16(13)9-11)24-21(25-20)15-3-1-2-4-18(15)26;1-2-3-4-5-6-7/h9-10,13-18,21-22H,3-8,11-12,19-20H2,1-2H3;1-10,26H,(H,24,25);2-6H2,1H3. The molecule has 71 heavy (non-hydrogen) atoms. The minimum absolute atomic E-state index is 0.211. The number of H-pyrrole nitrogens is 1. The molecule has 8 aromatic carbocycles. The summed E-state index contributed by atoms with van der Waals surface area (Å²) >= 11 is 18.0. The molecule has 2 heterocycles. The minimum Gasteiger partial charge on any atom is -0.507 e. The molecule has 10 rings (SSSR count). The van der Waals surface area contributed by atoms with E-state index in [0.29, 0.717) is 11.4 Å². The van der Waals surface area contributed by atoms with Gasteiger partial charge in [-0.1, -0.05) is 207 Å². The van der Waals surface area contributed by atoms with Crippen molar-refractivity contribution < 1.29 is 9.84 Å². The first-order valence-corrected chi connectivity index (χ1v) is 29.4. The number of nitrogens with zero attached hydrogens (tertiary/aromatic N) is 3. The average molecular weight is 1270 g/mol. The van der Waals surface area contributed by atoms with Crippen molar-refractivity contribution >= 4 is 145 Å². The lowest BCUT2D eigenvalue weighted by atomic mass is 10.00. The highest BCUT2D eigenvalue weighted by molar-refractivity contribution is 9.11. The van der Waals surface area contributed by atoms with E-state index in [0.717, 1.165) is 99.1 Å². The van der Waals surface area contributed by atoms with E-state index in [1.807, 2.05) is 18.2 Å². The van der Waals surface area contributed by atoms with Crippen molar-refractivity contribution in [1.82, 2.24) is 19.5 Å². The molecule has 0 atom stereocenters. The number of imidazole rings is 2. The highest BCUT2D eigenvalue weighted by Crippen LogP contribution is 2.42. The SMILES string of the molecule is CCCCCCBr.CCCCCCOc1ccccc1-c1nc2c3cc(Br)ccc3c3ccc(Br)cc3c2n1CCCCCC.Oc1ccccc1-c1nc2c3cc(Br)ccc3c3ccc(Br)cc3c2[nH]1. The Morgan fingerprint density at radius 2 is 1.01 bits per heavy atom. The number of aromatic nitrogens is 4. The smallest absolute Gasteiger partial charge is 0.144 e. The van der Waals surface area contributed by atoms with Crippen molar-refractivity contribution in [3.8, 4) is 34.3 Å². The number of benzene rings is 8. The first kappa shape index (κ1) is 53.0. The van der Waals surface area contributed by atoms with Gasteiger partial charge in [-0.15, -0.1) is 0 Å². The van der Waals surface area contributed by atoms with Gasteiger partial charge in [0.2, 0.25) is 0 Å². The molecule has 0 bridgehead atoms. The highest BCUT2D eigenvalue weighted by Gasteiger charge is 2.22. The maximum Gasteiger partial charge on any atom is 0.144 e. The van der Waals surface area contributed by atoms with Crippen molar-refractivity contribution in [3.63, 3.8) is 0 Å². The summed E-state index contributed by atoms with van der Waals surface area (Å²) in [6, 6.07) is 41.4.